The molecule has 4 heterocycles. The molecule has 0 bridgehead atoms. The first-order valence-corrected chi connectivity index (χ1v) is 10.5. The van der Waals surface area contributed by atoms with Gasteiger partial charge in [-0.15, -0.1) is 11.3 Å². The van der Waals surface area contributed by atoms with Crippen molar-refractivity contribution in [3.8, 4) is 11.3 Å². The lowest BCUT2D eigenvalue weighted by Gasteiger charge is -2.14. The maximum atomic E-state index is 14.5. The molecule has 3 N–H and O–H groups in total. The number of rotatable bonds is 5. The Hall–Kier alpha value is -4.25. The van der Waals surface area contributed by atoms with Gasteiger partial charge < -0.3 is 15.6 Å². The lowest BCUT2D eigenvalue weighted by Crippen LogP contribution is -2.04. The van der Waals surface area contributed by atoms with E-state index in [1.54, 1.807) is 25.2 Å². The summed E-state index contributed by atoms with van der Waals surface area (Å²) in [7, 11) is 1.56. The molecule has 166 valence electrons. The van der Waals surface area contributed by atoms with Gasteiger partial charge in [0.05, 0.1) is 16.9 Å². The number of nitrogens with zero attached hydrogens (tertiary/aromatic N) is 4. The van der Waals surface area contributed by atoms with Crippen molar-refractivity contribution in [2.24, 2.45) is 0 Å². The fraction of sp³-hybridized carbons (Fsp3) is 0.0455. The minimum Gasteiger partial charge on any atom is -0.386 e. The molecule has 8 nitrogen and oxygen atoms in total. The maximum Gasteiger partial charge on any atom is 0.181 e. The number of pyridine rings is 1. The molecule has 0 unspecified atom stereocenters. The van der Waals surface area contributed by atoms with Gasteiger partial charge in [0.15, 0.2) is 17.8 Å². The number of imidazole rings is 1. The zero-order chi connectivity index (χ0) is 23.2. The van der Waals surface area contributed by atoms with Crippen molar-refractivity contribution < 1.29 is 13.6 Å². The van der Waals surface area contributed by atoms with Crippen LogP contribution in [0, 0.1) is 11.6 Å². The van der Waals surface area contributed by atoms with Crippen LogP contribution in [0.5, 0.6) is 0 Å². The fourth-order valence-electron chi connectivity index (χ4n) is 3.00. The summed E-state index contributed by atoms with van der Waals surface area (Å²) < 4.78 is 28.7. The fourth-order valence-corrected chi connectivity index (χ4v) is 3.53. The van der Waals surface area contributed by atoms with Gasteiger partial charge in [0.2, 0.25) is 0 Å². The van der Waals surface area contributed by atoms with E-state index in [-0.39, 0.29) is 17.2 Å². The molecule has 0 aliphatic heterocycles. The highest BCUT2D eigenvalue weighted by molar-refractivity contribution is 7.11. The largest absolute Gasteiger partial charge is 0.386 e. The molecule has 0 fully saturated rings. The summed E-state index contributed by atoms with van der Waals surface area (Å²) in [6.07, 6.45) is 5.25. The second kappa shape index (κ2) is 9.92. The molecule has 0 atom stereocenters. The third-order valence-electron chi connectivity index (χ3n) is 4.55. The molecule has 0 saturated heterocycles. The molecular weight excluding hydrogens is 448 g/mol. The van der Waals surface area contributed by atoms with Crippen molar-refractivity contribution in [1.29, 1.82) is 0 Å². The van der Waals surface area contributed by atoms with Gasteiger partial charge in [-0.2, -0.15) is 0 Å². The Morgan fingerprint density at radius 3 is 2.67 bits per heavy atom. The highest BCUT2D eigenvalue weighted by atomic mass is 32.1. The van der Waals surface area contributed by atoms with Crippen molar-refractivity contribution in [3.05, 3.63) is 77.1 Å². The third-order valence-corrected chi connectivity index (χ3v) is 5.35. The van der Waals surface area contributed by atoms with Crippen LogP contribution >= 0.6 is 11.3 Å². The zero-order valence-electron chi connectivity index (χ0n) is 17.2. The van der Waals surface area contributed by atoms with E-state index in [1.165, 1.54) is 42.3 Å². The van der Waals surface area contributed by atoms with Gasteiger partial charge in [-0.3, -0.25) is 4.79 Å². The highest BCUT2D eigenvalue weighted by Crippen LogP contribution is 2.33. The number of hydrogen-bond donors (Lipinski definition) is 3. The van der Waals surface area contributed by atoms with Crippen molar-refractivity contribution in [2.45, 2.75) is 0 Å². The van der Waals surface area contributed by atoms with E-state index in [9.17, 15) is 13.6 Å². The molecule has 4 aromatic heterocycles. The normalized spacial score (nSPS) is 10.4. The van der Waals surface area contributed by atoms with Crippen LogP contribution < -0.4 is 10.6 Å². The number of fused-ring (bicyclic) bond motifs is 1. The summed E-state index contributed by atoms with van der Waals surface area (Å²) in [5.74, 6) is -1.21. The second-order valence-corrected chi connectivity index (χ2v) is 7.49. The molecule has 5 aromatic rings. The third kappa shape index (κ3) is 4.67. The van der Waals surface area contributed by atoms with Gasteiger partial charge in [-0.1, -0.05) is 6.07 Å². The Kier molecular flexibility index (Phi) is 6.60. The number of benzene rings is 1. The number of hydrogen-bond acceptors (Lipinski definition) is 8. The van der Waals surface area contributed by atoms with Crippen molar-refractivity contribution >= 4 is 46.0 Å². The number of halogens is 2. The summed E-state index contributed by atoms with van der Waals surface area (Å²) in [5.41, 5.74) is 2.04. The Balaban J connectivity index is 0.000000318. The van der Waals surface area contributed by atoms with Crippen molar-refractivity contribution in [2.75, 3.05) is 17.7 Å². The van der Waals surface area contributed by atoms with Crippen molar-refractivity contribution in [3.63, 3.8) is 0 Å². The number of aromatic amines is 1. The summed E-state index contributed by atoms with van der Waals surface area (Å²) in [4.78, 5) is 30.3. The smallest absolute Gasteiger partial charge is 0.181 e. The Morgan fingerprint density at radius 2 is 1.94 bits per heavy atom. The lowest BCUT2D eigenvalue weighted by molar-refractivity contribution is 0.112. The number of aldehydes is 1. The number of anilines is 3. The first-order valence-electron chi connectivity index (χ1n) is 9.63. The van der Waals surface area contributed by atoms with E-state index in [0.29, 0.717) is 22.4 Å². The topological polar surface area (TPSA) is 108 Å². The first kappa shape index (κ1) is 22.0. The van der Waals surface area contributed by atoms with Gasteiger partial charge in [0.25, 0.3) is 0 Å². The van der Waals surface area contributed by atoms with E-state index in [4.69, 9.17) is 0 Å². The van der Waals surface area contributed by atoms with Crippen LogP contribution in [0.3, 0.4) is 0 Å². The molecule has 0 aliphatic carbocycles. The maximum absolute atomic E-state index is 14.5. The monoisotopic (exact) mass is 465 g/mol. The molecule has 11 heteroatoms. The highest BCUT2D eigenvalue weighted by Gasteiger charge is 2.18. The Labute approximate surface area is 190 Å². The number of thiophene rings is 1. The van der Waals surface area contributed by atoms with Crippen LogP contribution in [0.15, 0.2) is 60.6 Å². The summed E-state index contributed by atoms with van der Waals surface area (Å²) in [6, 6.07) is 9.61. The van der Waals surface area contributed by atoms with E-state index in [2.05, 4.69) is 35.6 Å². The average Bonchev–Trinajstić information content (AvgIpc) is 3.54. The molecule has 0 radical (unpaired) electrons. The van der Waals surface area contributed by atoms with Crippen molar-refractivity contribution in [1.82, 2.24) is 24.9 Å². The van der Waals surface area contributed by atoms with Crippen LogP contribution in [-0.2, 0) is 0 Å². The Morgan fingerprint density at radius 1 is 1.06 bits per heavy atom. The standard InChI is InChI=1S/C17H13F2N7.C5H4OS/c1-20-11-5-4-10(18)14(12(11)19)26-16-9(3-2-6-21-16)13-15-17(24-7-22-13)25-8-23-15;6-4-5-2-1-3-7-5/h2-8,20H,1H3,(H,21,26)(H,22,23,24,25);1-4H. The number of aromatic nitrogens is 5. The van der Waals surface area contributed by atoms with Gasteiger partial charge in [-0.05, 0) is 35.7 Å². The quantitative estimate of drug-likeness (QED) is 0.312. The lowest BCUT2D eigenvalue weighted by atomic mass is 10.1. The van der Waals surface area contributed by atoms with Crippen LogP contribution in [-0.4, -0.2) is 38.3 Å². The number of carbonyl (C=O) groups is 1. The molecular formula is C22H17F2N7OS. The SMILES string of the molecule is CNc1ccc(F)c(Nc2ncccc2-c2ncnc3nc[nH]c23)c1F.O=Cc1cccs1. The van der Waals surface area contributed by atoms with Crippen LogP contribution in [0.1, 0.15) is 9.67 Å². The average molecular weight is 465 g/mol. The van der Waals surface area contributed by atoms with Gasteiger partial charge >= 0.3 is 0 Å². The number of carbonyl (C=O) groups excluding carboxylic acids is 1. The predicted octanol–water partition coefficient (Wildman–Crippen LogP) is 5.04. The molecule has 33 heavy (non-hydrogen) atoms. The van der Waals surface area contributed by atoms with E-state index in [1.807, 2.05) is 11.4 Å². The molecule has 5 rings (SSSR count). The first-order chi connectivity index (χ1) is 16.1. The minimum atomic E-state index is -0.738. The summed E-state index contributed by atoms with van der Waals surface area (Å²) in [6.45, 7) is 0. The number of nitrogens with one attached hydrogen (secondary N) is 3. The summed E-state index contributed by atoms with van der Waals surface area (Å²) >= 11 is 1.45. The van der Waals surface area contributed by atoms with Gasteiger partial charge in [0.1, 0.15) is 34.9 Å². The van der Waals surface area contributed by atoms with Gasteiger partial charge in [0, 0.05) is 18.8 Å². The Bertz CT molecular complexity index is 1390. The molecule has 0 saturated carbocycles. The molecule has 1 aromatic carbocycles. The zero-order valence-corrected chi connectivity index (χ0v) is 18.0. The predicted molar refractivity (Wildman–Crippen MR) is 124 cm³/mol. The summed E-state index contributed by atoms with van der Waals surface area (Å²) in [5, 5.41) is 7.30. The van der Waals surface area contributed by atoms with E-state index in [0.717, 1.165) is 11.2 Å². The molecule has 0 spiro atoms. The van der Waals surface area contributed by atoms with Gasteiger partial charge in [-0.25, -0.2) is 28.7 Å². The van der Waals surface area contributed by atoms with Crippen LogP contribution in [0.25, 0.3) is 22.4 Å². The number of H-pyrrole nitrogens is 1. The van der Waals surface area contributed by atoms with Crippen LogP contribution in [0.2, 0.25) is 0 Å². The second-order valence-electron chi connectivity index (χ2n) is 6.52. The van der Waals surface area contributed by atoms with E-state index >= 15 is 0 Å². The minimum absolute atomic E-state index is 0.171. The van der Waals surface area contributed by atoms with Crippen LogP contribution in [0.4, 0.5) is 26.0 Å². The molecule has 0 aliphatic rings. The van der Waals surface area contributed by atoms with E-state index < -0.39 is 11.6 Å². The molecule has 0 amide bonds.